The van der Waals surface area contributed by atoms with Gasteiger partial charge in [-0.25, -0.2) is 0 Å². The number of hydrogen-bond acceptors (Lipinski definition) is 2. The molecule has 0 heterocycles. The molecule has 0 aliphatic heterocycles. The maximum atomic E-state index is 12.3. The minimum absolute atomic E-state index is 0.187. The fraction of sp³-hybridized carbons (Fsp3) is 0.176. The number of carbonyl (C=O) groups excluding carboxylic acids is 1. The van der Waals surface area contributed by atoms with E-state index < -0.39 is 11.9 Å². The molecule has 0 saturated carbocycles. The number of rotatable bonds is 6. The first-order valence-corrected chi connectivity index (χ1v) is 6.77. The Morgan fingerprint density at radius 1 is 0.952 bits per heavy atom. The molecule has 0 aliphatic rings. The third-order valence-corrected chi connectivity index (χ3v) is 3.16. The van der Waals surface area contributed by atoms with Crippen LogP contribution in [-0.4, -0.2) is 17.0 Å². The highest BCUT2D eigenvalue weighted by molar-refractivity contribution is 5.94. The first kappa shape index (κ1) is 14.8. The Kier molecular flexibility index (Phi) is 5.10. The molecule has 1 atom stereocenters. The van der Waals surface area contributed by atoms with Gasteiger partial charge in [0.2, 0.25) is 5.91 Å². The van der Waals surface area contributed by atoms with Crippen molar-refractivity contribution in [3.05, 3.63) is 66.2 Å². The van der Waals surface area contributed by atoms with E-state index in [2.05, 4.69) is 5.32 Å². The summed E-state index contributed by atoms with van der Waals surface area (Å²) in [7, 11) is 0. The van der Waals surface area contributed by atoms with Crippen molar-refractivity contribution in [1.29, 1.82) is 0 Å². The third-order valence-electron chi connectivity index (χ3n) is 3.16. The lowest BCUT2D eigenvalue weighted by molar-refractivity contribution is -0.140. The van der Waals surface area contributed by atoms with Crippen LogP contribution in [0.2, 0.25) is 0 Å². The van der Waals surface area contributed by atoms with E-state index in [-0.39, 0.29) is 12.3 Å². The maximum Gasteiger partial charge on any atom is 0.304 e. The van der Waals surface area contributed by atoms with E-state index in [1.54, 1.807) is 12.1 Å². The van der Waals surface area contributed by atoms with Crippen LogP contribution < -0.4 is 5.32 Å². The molecule has 0 radical (unpaired) electrons. The summed E-state index contributed by atoms with van der Waals surface area (Å²) in [5.41, 5.74) is 1.62. The maximum absolute atomic E-state index is 12.3. The predicted octanol–water partition coefficient (Wildman–Crippen LogP) is 2.96. The lowest BCUT2D eigenvalue weighted by Crippen LogP contribution is -2.27. The van der Waals surface area contributed by atoms with Gasteiger partial charge in [0, 0.05) is 5.69 Å². The summed E-state index contributed by atoms with van der Waals surface area (Å²) in [5, 5.41) is 11.8. The molecule has 1 amide bonds. The number of amides is 1. The Bertz CT molecular complexity index is 596. The van der Waals surface area contributed by atoms with Crippen molar-refractivity contribution < 1.29 is 14.7 Å². The summed E-state index contributed by atoms with van der Waals surface area (Å²) in [4.78, 5) is 23.3. The van der Waals surface area contributed by atoms with Crippen LogP contribution in [-0.2, 0) is 16.0 Å². The molecule has 0 aromatic heterocycles. The smallest absolute Gasteiger partial charge is 0.304 e. The molecule has 0 bridgehead atoms. The normalized spacial score (nSPS) is 11.6. The molecule has 4 nitrogen and oxygen atoms in total. The second-order valence-electron chi connectivity index (χ2n) is 4.84. The topological polar surface area (TPSA) is 66.4 Å². The van der Waals surface area contributed by atoms with Crippen molar-refractivity contribution in [3.63, 3.8) is 0 Å². The Hall–Kier alpha value is -2.62. The lowest BCUT2D eigenvalue weighted by atomic mass is 9.95. The van der Waals surface area contributed by atoms with E-state index in [4.69, 9.17) is 5.11 Å². The minimum atomic E-state index is -0.973. The van der Waals surface area contributed by atoms with Crippen LogP contribution >= 0.6 is 0 Å². The molecule has 0 unspecified atom stereocenters. The molecule has 4 heteroatoms. The minimum Gasteiger partial charge on any atom is -0.481 e. The molecule has 0 aliphatic carbocycles. The zero-order chi connectivity index (χ0) is 15.1. The number of aliphatic carboxylic acids is 1. The zero-order valence-corrected chi connectivity index (χ0v) is 11.5. The number of anilines is 1. The lowest BCUT2D eigenvalue weighted by Gasteiger charge is -2.15. The Morgan fingerprint density at radius 3 is 2.10 bits per heavy atom. The van der Waals surface area contributed by atoms with Gasteiger partial charge in [-0.05, 0) is 24.1 Å². The van der Waals surface area contributed by atoms with Gasteiger partial charge in [0.1, 0.15) is 0 Å². The van der Waals surface area contributed by atoms with Crippen molar-refractivity contribution in [2.75, 3.05) is 5.32 Å². The van der Waals surface area contributed by atoms with Crippen LogP contribution in [0.5, 0.6) is 0 Å². The number of carboxylic acid groups (broad SMARTS) is 1. The van der Waals surface area contributed by atoms with E-state index in [1.807, 2.05) is 48.5 Å². The molecule has 2 aromatic carbocycles. The number of nitrogens with one attached hydrogen (secondary N) is 1. The molecule has 0 saturated heterocycles. The fourth-order valence-corrected chi connectivity index (χ4v) is 2.13. The number of carbonyl (C=O) groups is 2. The summed E-state index contributed by atoms with van der Waals surface area (Å²) < 4.78 is 0. The highest BCUT2D eigenvalue weighted by atomic mass is 16.4. The van der Waals surface area contributed by atoms with Crippen molar-refractivity contribution in [2.45, 2.75) is 12.8 Å². The number of hydrogen-bond donors (Lipinski definition) is 2. The highest BCUT2D eigenvalue weighted by Crippen LogP contribution is 2.16. The SMILES string of the molecule is O=C(O)C[C@H](Cc1ccccc1)C(=O)Nc1ccccc1. The first-order chi connectivity index (χ1) is 10.1. The summed E-state index contributed by atoms with van der Waals surface area (Å²) in [6.45, 7) is 0. The molecule has 21 heavy (non-hydrogen) atoms. The van der Waals surface area contributed by atoms with Gasteiger partial charge in [0.25, 0.3) is 0 Å². The first-order valence-electron chi connectivity index (χ1n) is 6.77. The van der Waals surface area contributed by atoms with Gasteiger partial charge in [-0.2, -0.15) is 0 Å². The summed E-state index contributed by atoms with van der Waals surface area (Å²) in [5.74, 6) is -1.84. The Morgan fingerprint density at radius 2 is 1.52 bits per heavy atom. The third kappa shape index (κ3) is 4.76. The Labute approximate surface area is 123 Å². The van der Waals surface area contributed by atoms with Crippen LogP contribution in [0, 0.1) is 5.92 Å². The highest BCUT2D eigenvalue weighted by Gasteiger charge is 2.22. The van der Waals surface area contributed by atoms with Crippen molar-refractivity contribution >= 4 is 17.6 Å². The molecule has 0 fully saturated rings. The van der Waals surface area contributed by atoms with Crippen LogP contribution in [0.1, 0.15) is 12.0 Å². The molecule has 0 spiro atoms. The van der Waals surface area contributed by atoms with Gasteiger partial charge >= 0.3 is 5.97 Å². The number of benzene rings is 2. The van der Waals surface area contributed by atoms with Crippen molar-refractivity contribution in [1.82, 2.24) is 0 Å². The fourth-order valence-electron chi connectivity index (χ4n) is 2.13. The molecule has 2 N–H and O–H groups in total. The zero-order valence-electron chi connectivity index (χ0n) is 11.5. The van der Waals surface area contributed by atoms with E-state index in [0.717, 1.165) is 5.56 Å². The van der Waals surface area contributed by atoms with E-state index in [9.17, 15) is 9.59 Å². The van der Waals surface area contributed by atoms with Gasteiger partial charge in [0.05, 0.1) is 12.3 Å². The van der Waals surface area contributed by atoms with Crippen LogP contribution in [0.4, 0.5) is 5.69 Å². The van der Waals surface area contributed by atoms with Crippen molar-refractivity contribution in [2.24, 2.45) is 5.92 Å². The molecule has 2 rings (SSSR count). The van der Waals surface area contributed by atoms with Gasteiger partial charge < -0.3 is 10.4 Å². The summed E-state index contributed by atoms with van der Waals surface area (Å²) >= 11 is 0. The number of para-hydroxylation sites is 1. The molecular formula is C17H17NO3. The summed E-state index contributed by atoms with van der Waals surface area (Å²) in [6, 6.07) is 18.5. The number of carboxylic acids is 1. The second kappa shape index (κ2) is 7.24. The van der Waals surface area contributed by atoms with E-state index >= 15 is 0 Å². The standard InChI is InChI=1S/C17H17NO3/c19-16(20)12-14(11-13-7-3-1-4-8-13)17(21)18-15-9-5-2-6-10-15/h1-10,14H,11-12H2,(H,18,21)(H,19,20)/t14-/m0/s1. The quantitative estimate of drug-likeness (QED) is 0.856. The van der Waals surface area contributed by atoms with E-state index in [1.165, 1.54) is 0 Å². The van der Waals surface area contributed by atoms with Crippen LogP contribution in [0.15, 0.2) is 60.7 Å². The second-order valence-corrected chi connectivity index (χ2v) is 4.84. The average molecular weight is 283 g/mol. The van der Waals surface area contributed by atoms with Crippen LogP contribution in [0.3, 0.4) is 0 Å². The van der Waals surface area contributed by atoms with Crippen molar-refractivity contribution in [3.8, 4) is 0 Å². The monoisotopic (exact) mass is 283 g/mol. The average Bonchev–Trinajstić information content (AvgIpc) is 2.48. The van der Waals surface area contributed by atoms with Gasteiger partial charge in [-0.1, -0.05) is 48.5 Å². The van der Waals surface area contributed by atoms with Gasteiger partial charge in [-0.3, -0.25) is 9.59 Å². The molecular weight excluding hydrogens is 266 g/mol. The molecule has 2 aromatic rings. The summed E-state index contributed by atoms with van der Waals surface area (Å²) in [6.07, 6.45) is 0.222. The molecule has 108 valence electrons. The van der Waals surface area contributed by atoms with Gasteiger partial charge in [-0.15, -0.1) is 0 Å². The predicted molar refractivity (Wildman–Crippen MR) is 81.0 cm³/mol. The van der Waals surface area contributed by atoms with Crippen LogP contribution in [0.25, 0.3) is 0 Å². The largest absolute Gasteiger partial charge is 0.481 e. The van der Waals surface area contributed by atoms with E-state index in [0.29, 0.717) is 12.1 Å². The van der Waals surface area contributed by atoms with Gasteiger partial charge in [0.15, 0.2) is 0 Å². The Balaban J connectivity index is 2.08.